The van der Waals surface area contributed by atoms with E-state index in [0.29, 0.717) is 3.79 Å². The van der Waals surface area contributed by atoms with Crippen molar-refractivity contribution in [1.29, 1.82) is 0 Å². The van der Waals surface area contributed by atoms with E-state index in [1.807, 2.05) is 6.92 Å². The summed E-state index contributed by atoms with van der Waals surface area (Å²) in [5.41, 5.74) is 0. The summed E-state index contributed by atoms with van der Waals surface area (Å²) >= 11 is 3.97. The third-order valence-electron chi connectivity index (χ3n) is 2.23. The molecule has 0 fully saturated rings. The molecule has 5 nitrogen and oxygen atoms in total. The van der Waals surface area contributed by atoms with Crippen LogP contribution in [0.5, 0.6) is 0 Å². The fraction of sp³-hybridized carbons (Fsp3) is 0.500. The average molecular weight is 356 g/mol. The predicted octanol–water partition coefficient (Wildman–Crippen LogP) is 2.68. The molecule has 1 rings (SSSR count). The molecule has 0 aliphatic carbocycles. The van der Waals surface area contributed by atoms with Crippen molar-refractivity contribution in [2.24, 2.45) is 0 Å². The number of rotatable bonds is 6. The van der Waals surface area contributed by atoms with Crippen molar-refractivity contribution in [3.05, 3.63) is 14.7 Å². The number of aromatic carboxylic acids is 1. The van der Waals surface area contributed by atoms with Gasteiger partial charge in [-0.05, 0) is 35.3 Å². The summed E-state index contributed by atoms with van der Waals surface area (Å²) in [7, 11) is -3.67. The first kappa shape index (κ1) is 15.6. The van der Waals surface area contributed by atoms with Crippen LogP contribution in [0.2, 0.25) is 0 Å². The number of carboxylic acid groups (broad SMARTS) is 1. The van der Waals surface area contributed by atoms with Crippen LogP contribution >= 0.6 is 27.3 Å². The molecule has 1 aromatic heterocycles. The summed E-state index contributed by atoms with van der Waals surface area (Å²) in [5.74, 6) is -1.14. The summed E-state index contributed by atoms with van der Waals surface area (Å²) in [6, 6.07) is 0.984. The van der Waals surface area contributed by atoms with Gasteiger partial charge in [0.1, 0.15) is 9.77 Å². The van der Waals surface area contributed by atoms with Gasteiger partial charge in [0, 0.05) is 6.04 Å². The Bertz CT molecular complexity index is 538. The third-order valence-corrected chi connectivity index (χ3v) is 6.06. The van der Waals surface area contributed by atoms with E-state index in [1.165, 1.54) is 0 Å². The van der Waals surface area contributed by atoms with E-state index < -0.39 is 16.0 Å². The molecule has 1 unspecified atom stereocenters. The minimum Gasteiger partial charge on any atom is -0.477 e. The SMILES string of the molecule is CCCC(C)NS(=O)(=O)c1cc(C(=O)O)sc1Br. The fourth-order valence-corrected chi connectivity index (χ4v) is 5.14. The predicted molar refractivity (Wildman–Crippen MR) is 73.7 cm³/mol. The Kier molecular flexibility index (Phi) is 5.32. The lowest BCUT2D eigenvalue weighted by molar-refractivity contribution is 0.0702. The summed E-state index contributed by atoms with van der Waals surface area (Å²) in [5, 5.41) is 8.83. The van der Waals surface area contributed by atoms with Gasteiger partial charge in [-0.25, -0.2) is 17.9 Å². The van der Waals surface area contributed by atoms with Gasteiger partial charge in [0.25, 0.3) is 0 Å². The monoisotopic (exact) mass is 355 g/mol. The maximum atomic E-state index is 12.0. The van der Waals surface area contributed by atoms with E-state index in [2.05, 4.69) is 20.7 Å². The second kappa shape index (κ2) is 6.14. The van der Waals surface area contributed by atoms with E-state index in [1.54, 1.807) is 6.92 Å². The Morgan fingerprint density at radius 1 is 1.61 bits per heavy atom. The minimum atomic E-state index is -3.67. The molecular formula is C10H14BrNO4S2. The molecule has 0 aliphatic rings. The topological polar surface area (TPSA) is 83.5 Å². The van der Waals surface area contributed by atoms with E-state index >= 15 is 0 Å². The number of sulfonamides is 1. The molecule has 2 N–H and O–H groups in total. The van der Waals surface area contributed by atoms with Crippen molar-refractivity contribution in [2.45, 2.75) is 37.6 Å². The number of nitrogens with one attached hydrogen (secondary N) is 1. The highest BCUT2D eigenvalue weighted by Crippen LogP contribution is 2.31. The van der Waals surface area contributed by atoms with Crippen molar-refractivity contribution >= 4 is 43.3 Å². The molecule has 0 aliphatic heterocycles. The number of carboxylic acids is 1. The van der Waals surface area contributed by atoms with Crippen LogP contribution in [-0.2, 0) is 10.0 Å². The van der Waals surface area contributed by atoms with Crippen molar-refractivity contribution in [3.8, 4) is 0 Å². The van der Waals surface area contributed by atoms with Gasteiger partial charge in [0.2, 0.25) is 10.0 Å². The zero-order valence-corrected chi connectivity index (χ0v) is 13.2. The Balaban J connectivity index is 3.01. The molecule has 0 radical (unpaired) electrons. The highest BCUT2D eigenvalue weighted by Gasteiger charge is 2.24. The summed E-state index contributed by atoms with van der Waals surface area (Å²) in [4.78, 5) is 10.8. The van der Waals surface area contributed by atoms with Crippen molar-refractivity contribution in [3.63, 3.8) is 0 Å². The lowest BCUT2D eigenvalue weighted by atomic mass is 10.2. The number of hydrogen-bond acceptors (Lipinski definition) is 4. The normalized spacial score (nSPS) is 13.5. The third kappa shape index (κ3) is 3.78. The van der Waals surface area contributed by atoms with E-state index in [-0.39, 0.29) is 15.8 Å². The molecule has 0 saturated carbocycles. The van der Waals surface area contributed by atoms with E-state index in [9.17, 15) is 13.2 Å². The molecule has 0 aromatic carbocycles. The molecule has 1 aromatic rings. The Labute approximate surface area is 118 Å². The van der Waals surface area contributed by atoms with Crippen LogP contribution in [0.3, 0.4) is 0 Å². The molecule has 1 heterocycles. The lowest BCUT2D eigenvalue weighted by Gasteiger charge is -2.12. The summed E-state index contributed by atoms with van der Waals surface area (Å²) in [6.07, 6.45) is 1.60. The van der Waals surface area contributed by atoms with Crippen LogP contribution in [0.1, 0.15) is 36.4 Å². The van der Waals surface area contributed by atoms with Crippen molar-refractivity contribution < 1.29 is 18.3 Å². The van der Waals surface area contributed by atoms with Crippen molar-refractivity contribution in [2.75, 3.05) is 0 Å². The zero-order valence-electron chi connectivity index (χ0n) is 9.94. The minimum absolute atomic E-state index is 0.00889. The molecule has 0 saturated heterocycles. The zero-order chi connectivity index (χ0) is 13.9. The van der Waals surface area contributed by atoms with Gasteiger partial charge in [-0.1, -0.05) is 13.3 Å². The quantitative estimate of drug-likeness (QED) is 0.821. The fourth-order valence-electron chi connectivity index (χ4n) is 1.46. The van der Waals surface area contributed by atoms with Crippen LogP contribution < -0.4 is 4.72 Å². The maximum Gasteiger partial charge on any atom is 0.345 e. The number of carbonyl (C=O) groups is 1. The van der Waals surface area contributed by atoms with Crippen LogP contribution in [0, 0.1) is 0 Å². The molecule has 0 spiro atoms. The van der Waals surface area contributed by atoms with Gasteiger partial charge in [-0.15, -0.1) is 11.3 Å². The van der Waals surface area contributed by atoms with Crippen LogP contribution in [-0.4, -0.2) is 25.5 Å². The van der Waals surface area contributed by atoms with Gasteiger partial charge in [-0.3, -0.25) is 0 Å². The van der Waals surface area contributed by atoms with Crippen LogP contribution in [0.25, 0.3) is 0 Å². The molecule has 102 valence electrons. The molecule has 18 heavy (non-hydrogen) atoms. The molecule has 0 amide bonds. The summed E-state index contributed by atoms with van der Waals surface area (Å²) < 4.78 is 26.9. The number of thiophene rings is 1. The molecular weight excluding hydrogens is 342 g/mol. The van der Waals surface area contributed by atoms with Gasteiger partial charge >= 0.3 is 5.97 Å². The maximum absolute atomic E-state index is 12.0. The van der Waals surface area contributed by atoms with Gasteiger partial charge in [0.15, 0.2) is 0 Å². The Morgan fingerprint density at radius 2 is 2.22 bits per heavy atom. The first-order valence-electron chi connectivity index (χ1n) is 5.33. The second-order valence-corrected chi connectivity index (χ2v) is 7.92. The summed E-state index contributed by atoms with van der Waals surface area (Å²) in [6.45, 7) is 3.74. The highest BCUT2D eigenvalue weighted by atomic mass is 79.9. The Hall–Kier alpha value is -0.440. The van der Waals surface area contributed by atoms with E-state index in [4.69, 9.17) is 5.11 Å². The average Bonchev–Trinajstić information content (AvgIpc) is 2.60. The first-order valence-corrected chi connectivity index (χ1v) is 8.42. The van der Waals surface area contributed by atoms with Crippen LogP contribution in [0.15, 0.2) is 14.7 Å². The first-order chi connectivity index (χ1) is 8.27. The number of halogens is 1. The van der Waals surface area contributed by atoms with Crippen LogP contribution in [0.4, 0.5) is 0 Å². The largest absolute Gasteiger partial charge is 0.477 e. The highest BCUT2D eigenvalue weighted by molar-refractivity contribution is 9.11. The molecule has 0 bridgehead atoms. The molecule has 1 atom stereocenters. The van der Waals surface area contributed by atoms with Crippen molar-refractivity contribution in [1.82, 2.24) is 4.72 Å². The molecule has 8 heteroatoms. The van der Waals surface area contributed by atoms with Gasteiger partial charge in [0.05, 0.1) is 3.79 Å². The number of hydrogen-bond donors (Lipinski definition) is 2. The van der Waals surface area contributed by atoms with Gasteiger partial charge < -0.3 is 5.11 Å². The standard InChI is InChI=1S/C10H14BrNO4S2/c1-3-4-6(2)12-18(15,16)8-5-7(10(13)14)17-9(8)11/h5-6,12H,3-4H2,1-2H3,(H,13,14). The smallest absolute Gasteiger partial charge is 0.345 e. The lowest BCUT2D eigenvalue weighted by Crippen LogP contribution is -2.32. The van der Waals surface area contributed by atoms with Gasteiger partial charge in [-0.2, -0.15) is 0 Å². The second-order valence-electron chi connectivity index (χ2n) is 3.86. The van der Waals surface area contributed by atoms with E-state index in [0.717, 1.165) is 30.2 Å². The Morgan fingerprint density at radius 3 is 2.67 bits per heavy atom.